The van der Waals surface area contributed by atoms with Crippen molar-refractivity contribution in [2.75, 3.05) is 4.90 Å². The highest BCUT2D eigenvalue weighted by Crippen LogP contribution is 2.42. The Balaban J connectivity index is 1.62. The van der Waals surface area contributed by atoms with Gasteiger partial charge in [-0.3, -0.25) is 9.97 Å². The van der Waals surface area contributed by atoms with Crippen LogP contribution in [-0.2, 0) is 6.54 Å². The van der Waals surface area contributed by atoms with Gasteiger partial charge in [0.15, 0.2) is 5.11 Å². The van der Waals surface area contributed by atoms with Gasteiger partial charge >= 0.3 is 0 Å². The van der Waals surface area contributed by atoms with Gasteiger partial charge in [0, 0.05) is 24.3 Å². The summed E-state index contributed by atoms with van der Waals surface area (Å²) in [5.74, 6) is -0.318. The van der Waals surface area contributed by atoms with Gasteiger partial charge in [0.1, 0.15) is 11.9 Å². The predicted molar refractivity (Wildman–Crippen MR) is 122 cm³/mol. The lowest BCUT2D eigenvalue weighted by Gasteiger charge is -2.29. The third-order valence-electron chi connectivity index (χ3n) is 5.44. The van der Waals surface area contributed by atoms with Gasteiger partial charge in [-0.25, -0.2) is 4.39 Å². The van der Waals surface area contributed by atoms with Crippen molar-refractivity contribution in [2.24, 2.45) is 0 Å². The Morgan fingerprint density at radius 1 is 0.903 bits per heavy atom. The van der Waals surface area contributed by atoms with Crippen LogP contribution < -0.4 is 10.2 Å². The van der Waals surface area contributed by atoms with E-state index < -0.39 is 0 Å². The van der Waals surface area contributed by atoms with Gasteiger partial charge < -0.3 is 14.8 Å². The molecule has 0 radical (unpaired) electrons. The first-order valence-electron chi connectivity index (χ1n) is 10.0. The number of pyridine rings is 2. The lowest BCUT2D eigenvalue weighted by molar-refractivity contribution is 0.526. The van der Waals surface area contributed by atoms with Crippen molar-refractivity contribution < 1.29 is 4.39 Å². The molecule has 1 aromatic carbocycles. The van der Waals surface area contributed by atoms with E-state index in [1.807, 2.05) is 65.7 Å². The van der Waals surface area contributed by atoms with Crippen LogP contribution in [0.2, 0.25) is 0 Å². The molecule has 1 fully saturated rings. The lowest BCUT2D eigenvalue weighted by atomic mass is 10.0. The summed E-state index contributed by atoms with van der Waals surface area (Å²) in [6, 6.07) is 21.9. The van der Waals surface area contributed by atoms with Crippen LogP contribution in [0, 0.1) is 5.82 Å². The van der Waals surface area contributed by atoms with E-state index in [0.717, 1.165) is 17.1 Å². The van der Waals surface area contributed by atoms with Gasteiger partial charge in [0.05, 0.1) is 29.7 Å². The third-order valence-corrected chi connectivity index (χ3v) is 5.75. The molecule has 1 aliphatic heterocycles. The first kappa shape index (κ1) is 19.4. The summed E-state index contributed by atoms with van der Waals surface area (Å²) in [6.07, 6.45) is 5.56. The molecule has 0 saturated carbocycles. The quantitative estimate of drug-likeness (QED) is 0.468. The molecule has 0 aliphatic carbocycles. The molecule has 154 valence electrons. The van der Waals surface area contributed by atoms with E-state index in [-0.39, 0.29) is 17.9 Å². The lowest BCUT2D eigenvalue weighted by Crippen LogP contribution is -2.31. The Labute approximate surface area is 185 Å². The minimum atomic E-state index is -0.318. The summed E-state index contributed by atoms with van der Waals surface area (Å²) in [5, 5.41) is 3.84. The maximum absolute atomic E-state index is 14.8. The SMILES string of the molecule is Fc1ccccc1N1C(=S)N[C@@H](c2ccccn2)[C@@H]1c1cccn1Cc1ccccn1. The number of nitrogens with zero attached hydrogens (tertiary/aromatic N) is 4. The van der Waals surface area contributed by atoms with Crippen molar-refractivity contribution in [1.29, 1.82) is 0 Å². The molecule has 5 nitrogen and oxygen atoms in total. The van der Waals surface area contributed by atoms with Gasteiger partial charge in [-0.05, 0) is 60.7 Å². The fourth-order valence-corrected chi connectivity index (χ4v) is 4.41. The Bertz CT molecular complexity index is 1190. The van der Waals surface area contributed by atoms with Crippen molar-refractivity contribution in [3.05, 3.63) is 114 Å². The molecule has 0 spiro atoms. The molecule has 4 aromatic rings. The van der Waals surface area contributed by atoms with Crippen LogP contribution in [0.25, 0.3) is 0 Å². The van der Waals surface area contributed by atoms with E-state index in [1.54, 1.807) is 24.5 Å². The van der Waals surface area contributed by atoms with Crippen molar-refractivity contribution in [2.45, 2.75) is 18.6 Å². The number of thiocarbonyl (C=S) groups is 1. The molecule has 0 amide bonds. The zero-order chi connectivity index (χ0) is 21.2. The van der Waals surface area contributed by atoms with Crippen molar-refractivity contribution in [1.82, 2.24) is 19.9 Å². The molecule has 1 saturated heterocycles. The van der Waals surface area contributed by atoms with Crippen LogP contribution >= 0.6 is 12.2 Å². The van der Waals surface area contributed by atoms with Crippen LogP contribution in [0.3, 0.4) is 0 Å². The Hall–Kier alpha value is -3.58. The molecule has 3 aromatic heterocycles. The molecule has 7 heteroatoms. The van der Waals surface area contributed by atoms with E-state index >= 15 is 0 Å². The Kier molecular flexibility index (Phi) is 5.18. The number of aromatic nitrogens is 3. The molecule has 1 aliphatic rings. The van der Waals surface area contributed by atoms with Crippen LogP contribution in [0.5, 0.6) is 0 Å². The normalized spacial score (nSPS) is 18.2. The predicted octanol–water partition coefficient (Wildman–Crippen LogP) is 4.64. The van der Waals surface area contributed by atoms with Crippen LogP contribution in [-0.4, -0.2) is 19.6 Å². The summed E-state index contributed by atoms with van der Waals surface area (Å²) >= 11 is 5.68. The van der Waals surface area contributed by atoms with E-state index in [1.165, 1.54) is 6.07 Å². The number of benzene rings is 1. The number of hydrogen-bond donors (Lipinski definition) is 1. The summed E-state index contributed by atoms with van der Waals surface area (Å²) in [4.78, 5) is 10.9. The molecular weight excluding hydrogens is 409 g/mol. The Morgan fingerprint density at radius 2 is 1.68 bits per heavy atom. The van der Waals surface area contributed by atoms with Gasteiger partial charge in [-0.2, -0.15) is 0 Å². The number of rotatable bonds is 5. The van der Waals surface area contributed by atoms with Gasteiger partial charge in [-0.1, -0.05) is 24.3 Å². The maximum Gasteiger partial charge on any atom is 0.174 e. The molecule has 1 N–H and O–H groups in total. The van der Waals surface area contributed by atoms with Crippen LogP contribution in [0.4, 0.5) is 10.1 Å². The largest absolute Gasteiger partial charge is 0.351 e. The molecule has 5 rings (SSSR count). The minimum absolute atomic E-state index is 0.231. The average Bonchev–Trinajstić information content (AvgIpc) is 3.39. The summed E-state index contributed by atoms with van der Waals surface area (Å²) in [7, 11) is 0. The third kappa shape index (κ3) is 3.68. The van der Waals surface area contributed by atoms with Crippen molar-refractivity contribution in [3.63, 3.8) is 0 Å². The molecule has 31 heavy (non-hydrogen) atoms. The molecule has 0 bridgehead atoms. The Morgan fingerprint density at radius 3 is 2.42 bits per heavy atom. The number of hydrogen-bond acceptors (Lipinski definition) is 3. The number of para-hydroxylation sites is 1. The summed E-state index contributed by atoms with van der Waals surface area (Å²) in [6.45, 7) is 0.604. The standard InChI is InChI=1S/C24H20FN5S/c25-18-9-1-2-11-20(18)30-23(22(28-24(30)31)19-10-4-6-14-27-19)21-12-7-15-29(21)16-17-8-3-5-13-26-17/h1-15,22-23H,16H2,(H,28,31)/t22-,23-/m0/s1. The molecule has 2 atom stereocenters. The minimum Gasteiger partial charge on any atom is -0.351 e. The number of halogens is 1. The van der Waals surface area contributed by atoms with Gasteiger partial charge in [-0.15, -0.1) is 0 Å². The smallest absolute Gasteiger partial charge is 0.174 e. The number of anilines is 1. The second-order valence-corrected chi connectivity index (χ2v) is 7.72. The van der Waals surface area contributed by atoms with E-state index in [0.29, 0.717) is 17.3 Å². The molecule has 4 heterocycles. The highest BCUT2D eigenvalue weighted by Gasteiger charge is 2.42. The first-order valence-corrected chi connectivity index (χ1v) is 10.4. The molecular formula is C24H20FN5S. The van der Waals surface area contributed by atoms with Gasteiger partial charge in [0.2, 0.25) is 0 Å². The average molecular weight is 430 g/mol. The van der Waals surface area contributed by atoms with Crippen LogP contribution in [0.15, 0.2) is 91.4 Å². The highest BCUT2D eigenvalue weighted by atomic mass is 32.1. The monoisotopic (exact) mass is 429 g/mol. The fourth-order valence-electron chi connectivity index (χ4n) is 4.07. The highest BCUT2D eigenvalue weighted by molar-refractivity contribution is 7.80. The second-order valence-electron chi connectivity index (χ2n) is 7.33. The zero-order valence-corrected chi connectivity index (χ0v) is 17.4. The van der Waals surface area contributed by atoms with Crippen molar-refractivity contribution >= 4 is 23.0 Å². The first-order chi connectivity index (χ1) is 15.2. The summed E-state index contributed by atoms with van der Waals surface area (Å²) < 4.78 is 17.0. The number of nitrogens with one attached hydrogen (secondary N) is 1. The van der Waals surface area contributed by atoms with Crippen molar-refractivity contribution in [3.8, 4) is 0 Å². The molecule has 0 unspecified atom stereocenters. The zero-order valence-electron chi connectivity index (χ0n) is 16.6. The second kappa shape index (κ2) is 8.28. The fraction of sp³-hybridized carbons (Fsp3) is 0.125. The van der Waals surface area contributed by atoms with E-state index in [9.17, 15) is 4.39 Å². The van der Waals surface area contributed by atoms with Gasteiger partial charge in [0.25, 0.3) is 0 Å². The summed E-state index contributed by atoms with van der Waals surface area (Å²) in [5.41, 5.74) is 3.23. The van der Waals surface area contributed by atoms with E-state index in [4.69, 9.17) is 12.2 Å². The topological polar surface area (TPSA) is 46.0 Å². The van der Waals surface area contributed by atoms with E-state index in [2.05, 4.69) is 19.9 Å². The maximum atomic E-state index is 14.8. The van der Waals surface area contributed by atoms with Crippen LogP contribution in [0.1, 0.15) is 29.2 Å².